The van der Waals surface area contributed by atoms with Crippen molar-refractivity contribution in [3.05, 3.63) is 39.9 Å². The molecule has 6 heteroatoms. The van der Waals surface area contributed by atoms with E-state index in [1.54, 1.807) is 7.05 Å². The van der Waals surface area contributed by atoms with E-state index in [0.717, 1.165) is 36.8 Å². The minimum Gasteiger partial charge on any atom is -0.359 e. The number of guanidine groups is 1. The molecule has 0 amide bonds. The largest absolute Gasteiger partial charge is 0.359 e. The Balaban J connectivity index is 1.72. The Morgan fingerprint density at radius 2 is 2.32 bits per heavy atom. The summed E-state index contributed by atoms with van der Waals surface area (Å²) in [7, 11) is 1.77. The third kappa shape index (κ3) is 5.18. The molecule has 0 aliphatic heterocycles. The van der Waals surface area contributed by atoms with E-state index in [1.807, 2.05) is 17.4 Å². The molecule has 2 aromatic heterocycles. The summed E-state index contributed by atoms with van der Waals surface area (Å²) in [5, 5.41) is 12.7. The number of hydrogen-bond donors (Lipinski definition) is 2. The number of thiophene rings is 1. The van der Waals surface area contributed by atoms with E-state index in [4.69, 9.17) is 4.52 Å². The molecule has 1 atom stereocenters. The third-order valence-corrected chi connectivity index (χ3v) is 4.27. The van der Waals surface area contributed by atoms with Crippen molar-refractivity contribution in [1.82, 2.24) is 15.8 Å². The van der Waals surface area contributed by atoms with Gasteiger partial charge in [0.2, 0.25) is 0 Å². The molecule has 5 nitrogen and oxygen atoms in total. The van der Waals surface area contributed by atoms with Crippen LogP contribution < -0.4 is 10.6 Å². The van der Waals surface area contributed by atoms with E-state index >= 15 is 0 Å². The van der Waals surface area contributed by atoms with Crippen LogP contribution in [0.1, 0.15) is 30.2 Å². The highest BCUT2D eigenvalue weighted by atomic mass is 32.1. The predicted octanol–water partition coefficient (Wildman–Crippen LogP) is 2.84. The molecule has 0 saturated heterocycles. The van der Waals surface area contributed by atoms with Crippen molar-refractivity contribution in [2.75, 3.05) is 13.6 Å². The van der Waals surface area contributed by atoms with E-state index in [9.17, 15) is 0 Å². The summed E-state index contributed by atoms with van der Waals surface area (Å²) in [5.41, 5.74) is 0.976. The topological polar surface area (TPSA) is 62.5 Å². The second-order valence-corrected chi connectivity index (χ2v) is 6.37. The molecule has 0 bridgehead atoms. The van der Waals surface area contributed by atoms with Crippen LogP contribution in [0.2, 0.25) is 0 Å². The zero-order chi connectivity index (χ0) is 15.8. The lowest BCUT2D eigenvalue weighted by molar-refractivity contribution is 0.374. The molecule has 120 valence electrons. The van der Waals surface area contributed by atoms with Crippen LogP contribution in [0.5, 0.6) is 0 Å². The Bertz CT molecular complexity index is 577. The Labute approximate surface area is 135 Å². The highest BCUT2D eigenvalue weighted by molar-refractivity contribution is 7.09. The molecule has 1 unspecified atom stereocenters. The van der Waals surface area contributed by atoms with E-state index in [-0.39, 0.29) is 0 Å². The lowest BCUT2D eigenvalue weighted by Crippen LogP contribution is -2.39. The maximum atomic E-state index is 5.25. The van der Waals surface area contributed by atoms with Crippen LogP contribution in [0.4, 0.5) is 0 Å². The second-order valence-electron chi connectivity index (χ2n) is 5.33. The minimum atomic E-state index is 0.550. The molecule has 0 aliphatic rings. The van der Waals surface area contributed by atoms with Crippen LogP contribution in [0.15, 0.2) is 33.1 Å². The first-order chi connectivity index (χ1) is 10.7. The number of aryl methyl sites for hydroxylation is 1. The molecule has 0 fully saturated rings. The van der Waals surface area contributed by atoms with Gasteiger partial charge < -0.3 is 15.2 Å². The Kier molecular flexibility index (Phi) is 6.45. The lowest BCUT2D eigenvalue weighted by Gasteiger charge is -2.15. The molecule has 2 rings (SSSR count). The molecule has 2 N–H and O–H groups in total. The van der Waals surface area contributed by atoms with Crippen LogP contribution in [-0.2, 0) is 19.4 Å². The van der Waals surface area contributed by atoms with Crippen molar-refractivity contribution in [3.8, 4) is 0 Å². The molecule has 0 aliphatic carbocycles. The highest BCUT2D eigenvalue weighted by Gasteiger charge is 2.07. The van der Waals surface area contributed by atoms with Gasteiger partial charge in [-0.3, -0.25) is 4.99 Å². The molecule has 2 aromatic rings. The molecular formula is C16H24N4OS. The fourth-order valence-corrected chi connectivity index (χ4v) is 2.98. The van der Waals surface area contributed by atoms with Crippen molar-refractivity contribution in [3.63, 3.8) is 0 Å². The van der Waals surface area contributed by atoms with Crippen LogP contribution in [0.25, 0.3) is 0 Å². The molecule has 0 spiro atoms. The maximum absolute atomic E-state index is 5.25. The van der Waals surface area contributed by atoms with E-state index in [0.29, 0.717) is 12.5 Å². The van der Waals surface area contributed by atoms with Crippen molar-refractivity contribution >= 4 is 17.3 Å². The van der Waals surface area contributed by atoms with Gasteiger partial charge in [-0.25, -0.2) is 0 Å². The van der Waals surface area contributed by atoms with Gasteiger partial charge in [0, 0.05) is 24.5 Å². The van der Waals surface area contributed by atoms with Crippen molar-refractivity contribution in [2.24, 2.45) is 10.9 Å². The van der Waals surface area contributed by atoms with Gasteiger partial charge in [-0.15, -0.1) is 11.3 Å². The summed E-state index contributed by atoms with van der Waals surface area (Å²) in [6.07, 6.45) is 1.97. The predicted molar refractivity (Wildman–Crippen MR) is 91.3 cm³/mol. The minimum absolute atomic E-state index is 0.550. The van der Waals surface area contributed by atoms with E-state index < -0.39 is 0 Å². The monoisotopic (exact) mass is 320 g/mol. The van der Waals surface area contributed by atoms with Crippen molar-refractivity contribution in [1.29, 1.82) is 0 Å². The Hall–Kier alpha value is -1.82. The normalized spacial score (nSPS) is 13.1. The van der Waals surface area contributed by atoms with Gasteiger partial charge in [-0.1, -0.05) is 25.1 Å². The van der Waals surface area contributed by atoms with Crippen LogP contribution in [0.3, 0.4) is 0 Å². The zero-order valence-electron chi connectivity index (χ0n) is 13.4. The summed E-state index contributed by atoms with van der Waals surface area (Å²) in [5.74, 6) is 2.16. The fourth-order valence-electron chi connectivity index (χ4n) is 2.11. The molecule has 22 heavy (non-hydrogen) atoms. The van der Waals surface area contributed by atoms with Crippen LogP contribution in [-0.4, -0.2) is 24.7 Å². The lowest BCUT2D eigenvalue weighted by atomic mass is 10.1. The summed E-state index contributed by atoms with van der Waals surface area (Å²) >= 11 is 1.81. The summed E-state index contributed by atoms with van der Waals surface area (Å²) < 4.78 is 5.25. The van der Waals surface area contributed by atoms with E-state index in [1.165, 1.54) is 4.88 Å². The summed E-state index contributed by atoms with van der Waals surface area (Å²) in [4.78, 5) is 5.66. The Morgan fingerprint density at radius 1 is 1.45 bits per heavy atom. The molecule has 0 aromatic carbocycles. The molecule has 0 saturated carbocycles. The third-order valence-electron chi connectivity index (χ3n) is 3.37. The smallest absolute Gasteiger partial charge is 0.191 e. The Morgan fingerprint density at radius 3 is 2.95 bits per heavy atom. The fraction of sp³-hybridized carbons (Fsp3) is 0.500. The van der Waals surface area contributed by atoms with Crippen LogP contribution in [0, 0.1) is 5.92 Å². The van der Waals surface area contributed by atoms with Gasteiger partial charge >= 0.3 is 0 Å². The SMILES string of the molecule is CCc1cc(CNC(=NC)NCC(C)Cc2cccs2)on1. The molecular weight excluding hydrogens is 296 g/mol. The average molecular weight is 320 g/mol. The van der Waals surface area contributed by atoms with Crippen molar-refractivity contribution < 1.29 is 4.52 Å². The summed E-state index contributed by atoms with van der Waals surface area (Å²) in [6, 6.07) is 6.26. The molecule has 0 radical (unpaired) electrons. The second kappa shape index (κ2) is 8.58. The van der Waals surface area contributed by atoms with Gasteiger partial charge in [0.05, 0.1) is 12.2 Å². The highest BCUT2D eigenvalue weighted by Crippen LogP contribution is 2.13. The summed E-state index contributed by atoms with van der Waals surface area (Å²) in [6.45, 7) is 5.77. The first-order valence-corrected chi connectivity index (χ1v) is 8.50. The van der Waals surface area contributed by atoms with Crippen molar-refractivity contribution in [2.45, 2.75) is 33.2 Å². The van der Waals surface area contributed by atoms with Gasteiger partial charge in [0.1, 0.15) is 0 Å². The van der Waals surface area contributed by atoms with E-state index in [2.05, 4.69) is 52.1 Å². The van der Waals surface area contributed by atoms with Gasteiger partial charge in [0.15, 0.2) is 11.7 Å². The number of nitrogens with one attached hydrogen (secondary N) is 2. The number of nitrogens with zero attached hydrogens (tertiary/aromatic N) is 2. The number of rotatable bonds is 7. The van der Waals surface area contributed by atoms with Gasteiger partial charge in [0.25, 0.3) is 0 Å². The maximum Gasteiger partial charge on any atom is 0.191 e. The van der Waals surface area contributed by atoms with Gasteiger partial charge in [-0.05, 0) is 30.2 Å². The van der Waals surface area contributed by atoms with Gasteiger partial charge in [-0.2, -0.15) is 0 Å². The van der Waals surface area contributed by atoms with Crippen LogP contribution >= 0.6 is 11.3 Å². The zero-order valence-corrected chi connectivity index (χ0v) is 14.2. The first kappa shape index (κ1) is 16.5. The number of aromatic nitrogens is 1. The quantitative estimate of drug-likeness (QED) is 0.608. The first-order valence-electron chi connectivity index (χ1n) is 7.62. The number of aliphatic imine (C=N–C) groups is 1. The average Bonchev–Trinajstić information content (AvgIpc) is 3.18. The molecule has 2 heterocycles. The number of hydrogen-bond acceptors (Lipinski definition) is 4. The standard InChI is InChI=1S/C16H24N4OS/c1-4-13-9-14(21-20-13)11-19-16(17-3)18-10-12(2)8-15-6-5-7-22-15/h5-7,9,12H,4,8,10-11H2,1-3H3,(H2,17,18,19).